The molecule has 120 valence electrons. The van der Waals surface area contributed by atoms with Crippen molar-refractivity contribution < 1.29 is 0 Å². The fraction of sp³-hybridized carbons (Fsp3) is 0.421. The Hall–Kier alpha value is -2.23. The van der Waals surface area contributed by atoms with Crippen LogP contribution >= 0.6 is 0 Å². The normalized spacial score (nSPS) is 16.7. The number of hydrogen-bond donors (Lipinski definition) is 1. The predicted octanol–water partition coefficient (Wildman–Crippen LogP) is 4.37. The van der Waals surface area contributed by atoms with Crippen LogP contribution in [0.15, 0.2) is 29.3 Å². The van der Waals surface area contributed by atoms with E-state index in [1.165, 1.54) is 5.56 Å². The minimum absolute atomic E-state index is 0.404. The number of aryl methyl sites for hydroxylation is 3. The standard InChI is InChI=1S/C19H24N4/c1-4-5-15-10-11-18-17(12-20-15)19(22-14(3)21-18)23-16-8-6-13(2)7-9-16/h6-9,12,15H,4-5,10-11H2,1-3H3,(H,21,22,23). The Kier molecular flexibility index (Phi) is 4.70. The molecule has 23 heavy (non-hydrogen) atoms. The summed E-state index contributed by atoms with van der Waals surface area (Å²) in [6, 6.07) is 8.75. The van der Waals surface area contributed by atoms with Gasteiger partial charge in [-0.3, -0.25) is 4.99 Å². The molecule has 1 unspecified atom stereocenters. The Morgan fingerprint density at radius 3 is 2.65 bits per heavy atom. The van der Waals surface area contributed by atoms with Crippen molar-refractivity contribution in [2.75, 3.05) is 5.32 Å². The van der Waals surface area contributed by atoms with Crippen molar-refractivity contribution in [3.63, 3.8) is 0 Å². The summed E-state index contributed by atoms with van der Waals surface area (Å²) in [7, 11) is 0. The summed E-state index contributed by atoms with van der Waals surface area (Å²) in [5.41, 5.74) is 4.43. The van der Waals surface area contributed by atoms with Gasteiger partial charge in [-0.1, -0.05) is 31.0 Å². The number of nitrogens with zero attached hydrogens (tertiary/aromatic N) is 3. The number of aromatic nitrogens is 2. The van der Waals surface area contributed by atoms with E-state index in [1.54, 1.807) is 0 Å². The SMILES string of the molecule is CCCC1CCc2nc(C)nc(Nc3ccc(C)cc3)c2C=N1. The third kappa shape index (κ3) is 3.76. The van der Waals surface area contributed by atoms with Crippen LogP contribution in [-0.2, 0) is 6.42 Å². The van der Waals surface area contributed by atoms with Gasteiger partial charge in [0.25, 0.3) is 0 Å². The van der Waals surface area contributed by atoms with Crippen LogP contribution in [0.5, 0.6) is 0 Å². The topological polar surface area (TPSA) is 50.2 Å². The Morgan fingerprint density at radius 1 is 1.13 bits per heavy atom. The molecule has 1 atom stereocenters. The van der Waals surface area contributed by atoms with E-state index in [1.807, 2.05) is 13.1 Å². The maximum Gasteiger partial charge on any atom is 0.143 e. The molecule has 2 heterocycles. The summed E-state index contributed by atoms with van der Waals surface area (Å²) in [4.78, 5) is 14.0. The summed E-state index contributed by atoms with van der Waals surface area (Å²) in [6.45, 7) is 6.25. The van der Waals surface area contributed by atoms with Gasteiger partial charge in [0, 0.05) is 11.9 Å². The number of nitrogens with one attached hydrogen (secondary N) is 1. The molecule has 0 saturated heterocycles. The molecule has 1 aliphatic heterocycles. The highest BCUT2D eigenvalue weighted by Crippen LogP contribution is 2.24. The fourth-order valence-electron chi connectivity index (χ4n) is 2.94. The van der Waals surface area contributed by atoms with Gasteiger partial charge in [-0.2, -0.15) is 0 Å². The van der Waals surface area contributed by atoms with Crippen LogP contribution in [0.2, 0.25) is 0 Å². The molecule has 1 aromatic heterocycles. The molecule has 0 bridgehead atoms. The monoisotopic (exact) mass is 308 g/mol. The molecule has 0 amide bonds. The largest absolute Gasteiger partial charge is 0.340 e. The predicted molar refractivity (Wildman–Crippen MR) is 95.8 cm³/mol. The summed E-state index contributed by atoms with van der Waals surface area (Å²) in [6.07, 6.45) is 6.30. The first-order valence-corrected chi connectivity index (χ1v) is 8.40. The van der Waals surface area contributed by atoms with Crippen molar-refractivity contribution in [2.24, 2.45) is 4.99 Å². The van der Waals surface area contributed by atoms with Crippen LogP contribution in [0.4, 0.5) is 11.5 Å². The van der Waals surface area contributed by atoms with E-state index in [0.717, 1.165) is 54.3 Å². The van der Waals surface area contributed by atoms with Crippen molar-refractivity contribution in [2.45, 2.75) is 52.5 Å². The Labute approximate surface area is 138 Å². The van der Waals surface area contributed by atoms with Crippen molar-refractivity contribution >= 4 is 17.7 Å². The molecule has 4 nitrogen and oxygen atoms in total. The lowest BCUT2D eigenvalue weighted by Gasteiger charge is -2.12. The summed E-state index contributed by atoms with van der Waals surface area (Å²) < 4.78 is 0. The summed E-state index contributed by atoms with van der Waals surface area (Å²) >= 11 is 0. The molecule has 2 aromatic rings. The van der Waals surface area contributed by atoms with E-state index >= 15 is 0 Å². The molecule has 0 radical (unpaired) electrons. The van der Waals surface area contributed by atoms with Gasteiger partial charge >= 0.3 is 0 Å². The number of fused-ring (bicyclic) bond motifs is 1. The molecule has 1 aliphatic rings. The summed E-state index contributed by atoms with van der Waals surface area (Å²) in [5.74, 6) is 1.66. The first-order valence-electron chi connectivity index (χ1n) is 8.40. The van der Waals surface area contributed by atoms with E-state index < -0.39 is 0 Å². The number of anilines is 2. The van der Waals surface area contributed by atoms with E-state index in [0.29, 0.717) is 6.04 Å². The molecule has 0 fully saturated rings. The first kappa shape index (κ1) is 15.7. The van der Waals surface area contributed by atoms with Gasteiger partial charge in [-0.15, -0.1) is 0 Å². The number of hydrogen-bond acceptors (Lipinski definition) is 4. The number of rotatable bonds is 4. The second-order valence-electron chi connectivity index (χ2n) is 6.23. The minimum atomic E-state index is 0.404. The van der Waals surface area contributed by atoms with Gasteiger partial charge in [-0.25, -0.2) is 9.97 Å². The van der Waals surface area contributed by atoms with E-state index in [2.05, 4.69) is 53.4 Å². The van der Waals surface area contributed by atoms with Gasteiger partial charge in [0.2, 0.25) is 0 Å². The Morgan fingerprint density at radius 2 is 1.91 bits per heavy atom. The lowest BCUT2D eigenvalue weighted by molar-refractivity contribution is 0.565. The molecular weight excluding hydrogens is 284 g/mol. The third-order valence-electron chi connectivity index (χ3n) is 4.20. The molecule has 0 saturated carbocycles. The van der Waals surface area contributed by atoms with Gasteiger partial charge in [0.15, 0.2) is 0 Å². The maximum absolute atomic E-state index is 4.76. The highest BCUT2D eigenvalue weighted by atomic mass is 15.0. The average Bonchev–Trinajstić information content (AvgIpc) is 2.73. The van der Waals surface area contributed by atoms with E-state index in [-0.39, 0.29) is 0 Å². The third-order valence-corrected chi connectivity index (χ3v) is 4.20. The molecule has 0 aliphatic carbocycles. The molecular formula is C19H24N4. The van der Waals surface area contributed by atoms with E-state index in [4.69, 9.17) is 4.99 Å². The maximum atomic E-state index is 4.76. The summed E-state index contributed by atoms with van der Waals surface area (Å²) in [5, 5.41) is 3.43. The Bertz CT molecular complexity index is 704. The van der Waals surface area contributed by atoms with Crippen LogP contribution in [0, 0.1) is 13.8 Å². The quantitative estimate of drug-likeness (QED) is 0.912. The van der Waals surface area contributed by atoms with Crippen molar-refractivity contribution in [1.82, 2.24) is 9.97 Å². The van der Waals surface area contributed by atoms with Crippen molar-refractivity contribution in [3.8, 4) is 0 Å². The van der Waals surface area contributed by atoms with Crippen LogP contribution in [-0.4, -0.2) is 22.2 Å². The molecule has 0 spiro atoms. The molecule has 1 N–H and O–H groups in total. The minimum Gasteiger partial charge on any atom is -0.340 e. The zero-order chi connectivity index (χ0) is 16.2. The average molecular weight is 308 g/mol. The lowest BCUT2D eigenvalue weighted by atomic mass is 10.1. The zero-order valence-corrected chi connectivity index (χ0v) is 14.1. The molecule has 3 rings (SSSR count). The molecule has 4 heteroatoms. The van der Waals surface area contributed by atoms with Crippen molar-refractivity contribution in [3.05, 3.63) is 46.9 Å². The van der Waals surface area contributed by atoms with Crippen LogP contribution < -0.4 is 5.32 Å². The second-order valence-corrected chi connectivity index (χ2v) is 6.23. The molecule has 1 aromatic carbocycles. The number of aliphatic imine (C=N–C) groups is 1. The smallest absolute Gasteiger partial charge is 0.143 e. The van der Waals surface area contributed by atoms with Crippen LogP contribution in [0.25, 0.3) is 0 Å². The van der Waals surface area contributed by atoms with Gasteiger partial charge in [0.1, 0.15) is 11.6 Å². The van der Waals surface area contributed by atoms with Gasteiger partial charge in [0.05, 0.1) is 17.3 Å². The van der Waals surface area contributed by atoms with E-state index in [9.17, 15) is 0 Å². The number of benzene rings is 1. The van der Waals surface area contributed by atoms with Gasteiger partial charge in [-0.05, 0) is 45.2 Å². The van der Waals surface area contributed by atoms with Crippen molar-refractivity contribution in [1.29, 1.82) is 0 Å². The highest BCUT2D eigenvalue weighted by Gasteiger charge is 2.17. The van der Waals surface area contributed by atoms with Gasteiger partial charge < -0.3 is 5.32 Å². The second kappa shape index (κ2) is 6.90. The lowest BCUT2D eigenvalue weighted by Crippen LogP contribution is -2.07. The highest BCUT2D eigenvalue weighted by molar-refractivity contribution is 5.89. The fourth-order valence-corrected chi connectivity index (χ4v) is 2.94. The Balaban J connectivity index is 1.93. The van der Waals surface area contributed by atoms with Crippen LogP contribution in [0.3, 0.4) is 0 Å². The van der Waals surface area contributed by atoms with Crippen LogP contribution in [0.1, 0.15) is 48.8 Å². The zero-order valence-electron chi connectivity index (χ0n) is 14.1. The first-order chi connectivity index (χ1) is 11.2.